The van der Waals surface area contributed by atoms with Crippen molar-refractivity contribution in [2.24, 2.45) is 0 Å². The summed E-state index contributed by atoms with van der Waals surface area (Å²) in [7, 11) is -15.6. The number of unbranched alkanes of at least 4 members (excludes halogenated alkanes) is 6. The molecule has 0 radical (unpaired) electrons. The van der Waals surface area contributed by atoms with Crippen LogP contribution >= 0.6 is 22.8 Å². The predicted molar refractivity (Wildman–Crippen MR) is 169 cm³/mol. The van der Waals surface area contributed by atoms with Crippen LogP contribution in [0.25, 0.3) is 0 Å². The second-order valence-corrected chi connectivity index (χ2v) is 16.8. The van der Waals surface area contributed by atoms with Crippen molar-refractivity contribution in [2.75, 3.05) is 38.3 Å². The predicted octanol–water partition coefficient (Wildman–Crippen LogP) is 3.69. The second kappa shape index (κ2) is 21.8. The van der Waals surface area contributed by atoms with E-state index in [1.807, 2.05) is 20.8 Å². The van der Waals surface area contributed by atoms with E-state index >= 15 is 0 Å². The van der Waals surface area contributed by atoms with Crippen LogP contribution in [0.3, 0.4) is 0 Å². The van der Waals surface area contributed by atoms with Gasteiger partial charge in [0.25, 0.3) is 0 Å². The van der Waals surface area contributed by atoms with Gasteiger partial charge in [-0.3, -0.25) is 41.6 Å². The Morgan fingerprint density at radius 3 is 0.917 bits per heavy atom. The van der Waals surface area contributed by atoms with Gasteiger partial charge in [-0.1, -0.05) is 59.3 Å². The highest BCUT2D eigenvalue weighted by Crippen LogP contribution is 2.54. The monoisotopic (exact) mass is 756 g/mol. The van der Waals surface area contributed by atoms with E-state index in [1.165, 1.54) is 0 Å². The lowest BCUT2D eigenvalue weighted by molar-refractivity contribution is -0.245. The highest BCUT2D eigenvalue weighted by molar-refractivity contribution is 7.54. The summed E-state index contributed by atoms with van der Waals surface area (Å²) in [6.07, 6.45) is -9.48. The maximum absolute atomic E-state index is 13.1. The van der Waals surface area contributed by atoms with Gasteiger partial charge in [-0.05, 0) is 19.3 Å². The number of ether oxygens (including phenoxy) is 3. The summed E-state index contributed by atoms with van der Waals surface area (Å²) in [4.78, 5) is 66.0. The number of hydrogen-bond donors (Lipinski definition) is 6. The molecule has 3 unspecified atom stereocenters. The molecule has 1 aliphatic carbocycles. The van der Waals surface area contributed by atoms with E-state index in [0.29, 0.717) is 38.5 Å². The Bertz CT molecular complexity index is 1090. The maximum atomic E-state index is 13.1. The molecule has 0 bridgehead atoms. The highest BCUT2D eigenvalue weighted by Gasteiger charge is 2.59. The lowest BCUT2D eigenvalue weighted by atomic mass is 9.84. The van der Waals surface area contributed by atoms with Crippen molar-refractivity contribution >= 4 is 40.7 Å². The fourth-order valence-electron chi connectivity index (χ4n) is 4.96. The zero-order valence-corrected chi connectivity index (χ0v) is 30.2. The summed E-state index contributed by atoms with van der Waals surface area (Å²) in [5, 5.41) is 27.8. The van der Waals surface area contributed by atoms with E-state index in [9.17, 15) is 58.1 Å². The van der Waals surface area contributed by atoms with Crippen molar-refractivity contribution in [3.05, 3.63) is 0 Å². The average Bonchev–Trinajstić information content (AvgIpc) is 2.93. The zero-order valence-electron chi connectivity index (χ0n) is 27.5. The van der Waals surface area contributed by atoms with Gasteiger partial charge in [-0.15, -0.1) is 0 Å². The first-order chi connectivity index (χ1) is 22.4. The summed E-state index contributed by atoms with van der Waals surface area (Å²) in [5.41, 5.74) is 0. The molecule has 1 fully saturated rings. The lowest BCUT2D eigenvalue weighted by Crippen LogP contribution is -2.67. The summed E-state index contributed by atoms with van der Waals surface area (Å²) < 4.78 is 73.7. The molecule has 0 heterocycles. The number of carboxylic acids is 3. The second-order valence-electron chi connectivity index (χ2n) is 11.4. The van der Waals surface area contributed by atoms with Gasteiger partial charge in [0.05, 0.1) is 0 Å². The standard InChI is InChI=1S/C27H51O18P3/c1-4-7-10-13-40-22-23(41-14-11-8-5-2)25(43-46(34,35)16-19(28)29)27(45-48(38,39)18-21(32)33)26(24(22)42-15-12-9-6-3)44-47(36,37)17-20(30)31/h22-27H,4-18H2,1-3H3,(H,28,29)(H,30,31)(H,32,33)(H,34,35)(H,36,37)(H,38,39)/t22-,23-,24+,25-,26-,27-/m0/s1. The van der Waals surface area contributed by atoms with Gasteiger partial charge in [0.1, 0.15) is 55.1 Å². The first-order valence-electron chi connectivity index (χ1n) is 15.9. The molecule has 0 aromatic rings. The van der Waals surface area contributed by atoms with E-state index in [-0.39, 0.29) is 19.8 Å². The van der Waals surface area contributed by atoms with Crippen molar-refractivity contribution in [2.45, 2.75) is 115 Å². The molecule has 1 aliphatic rings. The first-order valence-corrected chi connectivity index (χ1v) is 21.2. The number of aliphatic carboxylic acids is 3. The number of rotatable bonds is 27. The smallest absolute Gasteiger partial charge is 0.339 e. The molecule has 0 saturated heterocycles. The zero-order chi connectivity index (χ0) is 36.5. The van der Waals surface area contributed by atoms with Gasteiger partial charge in [0.2, 0.25) is 0 Å². The Kier molecular flexibility index (Phi) is 20.4. The Hall–Kier alpha value is -1.26. The van der Waals surface area contributed by atoms with Gasteiger partial charge in [-0.2, -0.15) is 0 Å². The van der Waals surface area contributed by atoms with E-state index < -0.39 is 95.8 Å². The van der Waals surface area contributed by atoms with E-state index in [0.717, 1.165) is 19.3 Å². The van der Waals surface area contributed by atoms with Crippen molar-refractivity contribution in [1.29, 1.82) is 0 Å². The van der Waals surface area contributed by atoms with E-state index in [2.05, 4.69) is 0 Å². The normalized spacial score (nSPS) is 26.6. The van der Waals surface area contributed by atoms with Crippen molar-refractivity contribution < 1.29 is 85.9 Å². The van der Waals surface area contributed by atoms with Gasteiger partial charge in [0, 0.05) is 19.8 Å². The van der Waals surface area contributed by atoms with E-state index in [4.69, 9.17) is 27.8 Å². The fraction of sp³-hybridized carbons (Fsp3) is 0.889. The number of carboxylic acid groups (broad SMARTS) is 3. The van der Waals surface area contributed by atoms with Crippen LogP contribution in [0.15, 0.2) is 0 Å². The van der Waals surface area contributed by atoms with Crippen LogP contribution in [0, 0.1) is 0 Å². The molecule has 0 aliphatic heterocycles. The Balaban J connectivity index is 4.01. The van der Waals surface area contributed by atoms with Crippen LogP contribution in [0.5, 0.6) is 0 Å². The third kappa shape index (κ3) is 17.1. The van der Waals surface area contributed by atoms with Gasteiger partial charge < -0.3 is 44.2 Å². The van der Waals surface area contributed by atoms with Crippen LogP contribution in [0.4, 0.5) is 0 Å². The van der Waals surface area contributed by atoms with Gasteiger partial charge in [0.15, 0.2) is 0 Å². The van der Waals surface area contributed by atoms with Crippen molar-refractivity contribution in [1.82, 2.24) is 0 Å². The summed E-state index contributed by atoms with van der Waals surface area (Å²) in [6.45, 7) is 5.72. The van der Waals surface area contributed by atoms with Crippen LogP contribution < -0.4 is 0 Å². The third-order valence-corrected chi connectivity index (χ3v) is 10.7. The van der Waals surface area contributed by atoms with E-state index in [1.54, 1.807) is 0 Å². The van der Waals surface area contributed by atoms with Crippen molar-refractivity contribution in [3.63, 3.8) is 0 Å². The highest BCUT2D eigenvalue weighted by atomic mass is 31.2. The molecule has 48 heavy (non-hydrogen) atoms. The Morgan fingerprint density at radius 2 is 0.688 bits per heavy atom. The van der Waals surface area contributed by atoms with Crippen LogP contribution in [-0.4, -0.2) is 123 Å². The molecule has 9 atom stereocenters. The number of hydrogen-bond acceptors (Lipinski definition) is 12. The largest absolute Gasteiger partial charge is 0.481 e. The van der Waals surface area contributed by atoms with Crippen molar-refractivity contribution in [3.8, 4) is 0 Å². The molecule has 0 amide bonds. The molecule has 21 heteroatoms. The lowest BCUT2D eigenvalue weighted by Gasteiger charge is -2.50. The molecule has 1 saturated carbocycles. The van der Waals surface area contributed by atoms with Crippen LogP contribution in [-0.2, 0) is 55.9 Å². The minimum absolute atomic E-state index is 0.0302. The molecular formula is C27H51O18P3. The minimum Gasteiger partial charge on any atom is -0.481 e. The SMILES string of the molecule is CCCCCO[C@@H]1[C@@H](OCCCCC)[C@H](OP(=O)(O)CC(=O)O)[C@@H](OP(=O)(O)CC(=O)O)[C@@H](OP(=O)(O)CC(=O)O)[C@H]1OCCCCC. The molecule has 282 valence electrons. The van der Waals surface area contributed by atoms with Crippen LogP contribution in [0.1, 0.15) is 78.6 Å². The average molecular weight is 757 g/mol. The Labute approximate surface area is 280 Å². The first kappa shape index (κ1) is 44.8. The number of carbonyl (C=O) groups is 3. The summed E-state index contributed by atoms with van der Waals surface area (Å²) in [6, 6.07) is 0. The molecule has 1 rings (SSSR count). The minimum atomic E-state index is -5.24. The molecule has 0 spiro atoms. The topological polar surface area (TPSA) is 279 Å². The fourth-order valence-corrected chi connectivity index (χ4v) is 8.07. The van der Waals surface area contributed by atoms with Gasteiger partial charge in [-0.25, -0.2) is 0 Å². The molecular weight excluding hydrogens is 705 g/mol. The molecule has 0 aromatic heterocycles. The molecule has 6 N–H and O–H groups in total. The molecule has 0 aromatic carbocycles. The summed E-state index contributed by atoms with van der Waals surface area (Å²) in [5.74, 6) is -5.31. The maximum Gasteiger partial charge on any atom is 0.339 e. The van der Waals surface area contributed by atoms with Gasteiger partial charge >= 0.3 is 40.7 Å². The Morgan fingerprint density at radius 1 is 0.458 bits per heavy atom. The summed E-state index contributed by atoms with van der Waals surface area (Å²) >= 11 is 0. The molecule has 18 nitrogen and oxygen atoms in total. The quantitative estimate of drug-likeness (QED) is 0.0515. The van der Waals surface area contributed by atoms with Crippen LogP contribution in [0.2, 0.25) is 0 Å². The third-order valence-electron chi connectivity index (χ3n) is 6.98.